The van der Waals surface area contributed by atoms with Crippen LogP contribution in [0.4, 0.5) is 0 Å². The quantitative estimate of drug-likeness (QED) is 0.656. The van der Waals surface area contributed by atoms with Gasteiger partial charge in [-0.25, -0.2) is 0 Å². The standard InChI is InChI=1S/C21H27BrN2O2/c1-14-2-5-17(22)10-19(14)21(6-7-21)12-24(13-25)11-20(26)23-18-8-16(9-18)15-3-4-15/h2,5,10,13,15-16,18H,3-4,6-9,11-12H2,1H3,(H,23,26). The van der Waals surface area contributed by atoms with Crippen LogP contribution in [0.3, 0.4) is 0 Å². The van der Waals surface area contributed by atoms with Crippen LogP contribution >= 0.6 is 15.9 Å². The Bertz CT molecular complexity index is 706. The minimum absolute atomic E-state index is 0.0156. The van der Waals surface area contributed by atoms with Gasteiger partial charge in [0.1, 0.15) is 0 Å². The van der Waals surface area contributed by atoms with Crippen LogP contribution in [-0.2, 0) is 15.0 Å². The fourth-order valence-corrected chi connectivity index (χ4v) is 4.90. The number of hydrogen-bond acceptors (Lipinski definition) is 2. The summed E-state index contributed by atoms with van der Waals surface area (Å²) in [4.78, 5) is 25.6. The van der Waals surface area contributed by atoms with E-state index >= 15 is 0 Å². The zero-order valence-electron chi connectivity index (χ0n) is 15.3. The van der Waals surface area contributed by atoms with Crippen LogP contribution in [0, 0.1) is 18.8 Å². The van der Waals surface area contributed by atoms with Gasteiger partial charge in [-0.2, -0.15) is 0 Å². The van der Waals surface area contributed by atoms with E-state index in [0.717, 1.165) is 48.4 Å². The molecule has 0 bridgehead atoms. The highest BCUT2D eigenvalue weighted by Crippen LogP contribution is 2.50. The fourth-order valence-electron chi connectivity index (χ4n) is 4.54. The van der Waals surface area contributed by atoms with Gasteiger partial charge in [-0.15, -0.1) is 0 Å². The van der Waals surface area contributed by atoms with Crippen molar-refractivity contribution in [2.75, 3.05) is 13.1 Å². The Hall–Kier alpha value is -1.36. The van der Waals surface area contributed by atoms with Crippen LogP contribution in [0.5, 0.6) is 0 Å². The van der Waals surface area contributed by atoms with Crippen molar-refractivity contribution in [1.29, 1.82) is 0 Å². The molecule has 3 saturated carbocycles. The predicted molar refractivity (Wildman–Crippen MR) is 105 cm³/mol. The first kappa shape index (κ1) is 18.0. The van der Waals surface area contributed by atoms with Gasteiger partial charge in [-0.1, -0.05) is 22.0 Å². The number of nitrogens with zero attached hydrogens (tertiary/aromatic N) is 1. The lowest BCUT2D eigenvalue weighted by atomic mass is 9.77. The zero-order chi connectivity index (χ0) is 18.3. The third-order valence-electron chi connectivity index (χ3n) is 6.45. The van der Waals surface area contributed by atoms with Crippen LogP contribution in [0.1, 0.15) is 49.7 Å². The molecule has 5 heteroatoms. The van der Waals surface area contributed by atoms with E-state index in [-0.39, 0.29) is 17.9 Å². The molecule has 0 atom stereocenters. The molecule has 0 unspecified atom stereocenters. The smallest absolute Gasteiger partial charge is 0.239 e. The molecule has 4 nitrogen and oxygen atoms in total. The number of aryl methyl sites for hydroxylation is 1. The van der Waals surface area contributed by atoms with Crippen molar-refractivity contribution in [3.63, 3.8) is 0 Å². The highest BCUT2D eigenvalue weighted by molar-refractivity contribution is 9.10. The summed E-state index contributed by atoms with van der Waals surface area (Å²) in [5.74, 6) is 1.74. The van der Waals surface area contributed by atoms with Crippen LogP contribution in [0.15, 0.2) is 22.7 Å². The van der Waals surface area contributed by atoms with Crippen molar-refractivity contribution in [3.05, 3.63) is 33.8 Å². The Kier molecular flexibility index (Phi) is 4.84. The summed E-state index contributed by atoms with van der Waals surface area (Å²) in [7, 11) is 0. The molecule has 2 amide bonds. The van der Waals surface area contributed by atoms with Gasteiger partial charge in [0.25, 0.3) is 0 Å². The van der Waals surface area contributed by atoms with Crippen LogP contribution in [0.2, 0.25) is 0 Å². The third-order valence-corrected chi connectivity index (χ3v) is 6.95. The molecule has 1 N–H and O–H groups in total. The molecular formula is C21H27BrN2O2. The summed E-state index contributed by atoms with van der Waals surface area (Å²) in [6.45, 7) is 2.91. The highest BCUT2D eigenvalue weighted by atomic mass is 79.9. The molecule has 0 spiro atoms. The zero-order valence-corrected chi connectivity index (χ0v) is 16.9. The predicted octanol–water partition coefficient (Wildman–Crippen LogP) is 3.55. The number of carbonyl (C=O) groups excluding carboxylic acids is 2. The Labute approximate surface area is 163 Å². The van der Waals surface area contributed by atoms with Crippen LogP contribution in [0.25, 0.3) is 0 Å². The average molecular weight is 419 g/mol. The number of amides is 2. The molecule has 140 valence electrons. The minimum atomic E-state index is -0.0156. The lowest BCUT2D eigenvalue weighted by molar-refractivity contribution is -0.129. The summed E-state index contributed by atoms with van der Waals surface area (Å²) in [5, 5.41) is 3.11. The summed E-state index contributed by atoms with van der Waals surface area (Å²) < 4.78 is 1.06. The van der Waals surface area contributed by atoms with Crippen molar-refractivity contribution in [2.45, 2.75) is 56.9 Å². The molecule has 26 heavy (non-hydrogen) atoms. The van der Waals surface area contributed by atoms with E-state index in [1.165, 1.54) is 24.0 Å². The number of hydrogen-bond donors (Lipinski definition) is 1. The lowest BCUT2D eigenvalue weighted by Crippen LogP contribution is -2.48. The van der Waals surface area contributed by atoms with Gasteiger partial charge in [-0.05, 0) is 80.5 Å². The van der Waals surface area contributed by atoms with Gasteiger partial charge >= 0.3 is 0 Å². The van der Waals surface area contributed by atoms with E-state index < -0.39 is 0 Å². The van der Waals surface area contributed by atoms with Gasteiger partial charge in [0.2, 0.25) is 12.3 Å². The molecule has 0 saturated heterocycles. The second-order valence-corrected chi connectivity index (χ2v) is 9.50. The molecule has 0 heterocycles. The molecule has 1 aromatic rings. The van der Waals surface area contributed by atoms with Crippen LogP contribution in [-0.4, -0.2) is 36.3 Å². The van der Waals surface area contributed by atoms with E-state index in [2.05, 4.69) is 40.3 Å². The highest BCUT2D eigenvalue weighted by Gasteiger charge is 2.46. The number of carbonyl (C=O) groups is 2. The van der Waals surface area contributed by atoms with Crippen molar-refractivity contribution in [2.24, 2.45) is 11.8 Å². The van der Waals surface area contributed by atoms with Gasteiger partial charge in [0.05, 0.1) is 6.54 Å². The van der Waals surface area contributed by atoms with E-state index in [9.17, 15) is 9.59 Å². The second kappa shape index (κ2) is 6.99. The van der Waals surface area contributed by atoms with E-state index in [1.807, 2.05) is 6.07 Å². The number of rotatable bonds is 8. The lowest BCUT2D eigenvalue weighted by Gasteiger charge is -2.36. The molecule has 1 aromatic carbocycles. The van der Waals surface area contributed by atoms with Crippen molar-refractivity contribution < 1.29 is 9.59 Å². The molecule has 3 aliphatic carbocycles. The first-order valence-corrected chi connectivity index (χ1v) is 10.5. The Balaban J connectivity index is 1.32. The first-order chi connectivity index (χ1) is 12.5. The fraction of sp³-hybridized carbons (Fsp3) is 0.619. The molecule has 0 radical (unpaired) electrons. The Morgan fingerprint density at radius 3 is 2.65 bits per heavy atom. The second-order valence-electron chi connectivity index (χ2n) is 8.58. The van der Waals surface area contributed by atoms with Crippen LogP contribution < -0.4 is 5.32 Å². The molecular weight excluding hydrogens is 392 g/mol. The molecule has 3 aliphatic rings. The molecule has 0 aromatic heterocycles. The van der Waals surface area contributed by atoms with Crippen molar-refractivity contribution in [1.82, 2.24) is 10.2 Å². The Morgan fingerprint density at radius 1 is 1.31 bits per heavy atom. The van der Waals surface area contributed by atoms with Crippen molar-refractivity contribution in [3.8, 4) is 0 Å². The minimum Gasteiger partial charge on any atom is -0.352 e. The monoisotopic (exact) mass is 418 g/mol. The van der Waals surface area contributed by atoms with Gasteiger partial charge in [0, 0.05) is 22.5 Å². The summed E-state index contributed by atoms with van der Waals surface area (Å²) in [5.41, 5.74) is 2.56. The topological polar surface area (TPSA) is 49.4 Å². The normalized spacial score (nSPS) is 25.9. The van der Waals surface area contributed by atoms with E-state index in [4.69, 9.17) is 0 Å². The maximum atomic E-state index is 12.4. The number of benzene rings is 1. The molecule has 4 rings (SSSR count). The van der Waals surface area contributed by atoms with Gasteiger partial charge < -0.3 is 10.2 Å². The largest absolute Gasteiger partial charge is 0.352 e. The first-order valence-electron chi connectivity index (χ1n) is 9.74. The molecule has 3 fully saturated rings. The third kappa shape index (κ3) is 3.83. The summed E-state index contributed by atoms with van der Waals surface area (Å²) in [6.07, 6.45) is 7.98. The maximum Gasteiger partial charge on any atom is 0.239 e. The summed E-state index contributed by atoms with van der Waals surface area (Å²) >= 11 is 3.55. The number of halogens is 1. The van der Waals surface area contributed by atoms with Gasteiger partial charge in [0.15, 0.2) is 0 Å². The summed E-state index contributed by atoms with van der Waals surface area (Å²) in [6, 6.07) is 6.65. The van der Waals surface area contributed by atoms with Gasteiger partial charge in [-0.3, -0.25) is 9.59 Å². The molecule has 0 aliphatic heterocycles. The maximum absolute atomic E-state index is 12.4. The average Bonchev–Trinajstić information content (AvgIpc) is 3.47. The number of nitrogens with one attached hydrogen (secondary N) is 1. The van der Waals surface area contributed by atoms with E-state index in [1.54, 1.807) is 4.90 Å². The SMILES string of the molecule is Cc1ccc(Br)cc1C1(CN(C=O)CC(=O)NC2CC(C3CC3)C2)CC1. The Morgan fingerprint density at radius 2 is 2.04 bits per heavy atom. The van der Waals surface area contributed by atoms with Crippen molar-refractivity contribution >= 4 is 28.2 Å². The van der Waals surface area contributed by atoms with E-state index in [0.29, 0.717) is 12.6 Å².